The van der Waals surface area contributed by atoms with E-state index in [9.17, 15) is 9.59 Å². The highest BCUT2D eigenvalue weighted by Crippen LogP contribution is 2.26. The van der Waals surface area contributed by atoms with Crippen molar-refractivity contribution in [3.63, 3.8) is 0 Å². The predicted octanol–water partition coefficient (Wildman–Crippen LogP) is 3.48. The fourth-order valence-electron chi connectivity index (χ4n) is 3.92. The second kappa shape index (κ2) is 14.6. The minimum absolute atomic E-state index is 0.296. The molecule has 39 heavy (non-hydrogen) atoms. The summed E-state index contributed by atoms with van der Waals surface area (Å²) < 4.78 is 19.9. The smallest absolute Gasteiger partial charge is 0.415 e. The summed E-state index contributed by atoms with van der Waals surface area (Å²) in [5, 5.41) is 4.07. The van der Waals surface area contributed by atoms with Gasteiger partial charge in [-0.25, -0.2) is 19.6 Å². The van der Waals surface area contributed by atoms with Crippen molar-refractivity contribution >= 4 is 64.4 Å². The Hall–Kier alpha value is -2.77. The number of alkyl carbamates (subject to hydrolysis) is 1. The number of carbonyl (C=O) groups is 2. The lowest BCUT2D eigenvalue weighted by molar-refractivity contribution is 0.122. The Labute approximate surface area is 241 Å². The average Bonchev–Trinajstić information content (AvgIpc) is 3.60. The van der Waals surface area contributed by atoms with Crippen molar-refractivity contribution in [2.75, 3.05) is 93.6 Å². The first-order chi connectivity index (χ1) is 18.9. The van der Waals surface area contributed by atoms with Gasteiger partial charge in [-0.1, -0.05) is 34.8 Å². The van der Waals surface area contributed by atoms with Crippen molar-refractivity contribution in [1.29, 1.82) is 0 Å². The topological polar surface area (TPSA) is 119 Å². The van der Waals surface area contributed by atoms with Gasteiger partial charge < -0.3 is 34.1 Å². The molecule has 2 aromatic rings. The number of aromatic nitrogens is 2. The molecule has 2 aromatic heterocycles. The minimum atomic E-state index is -0.373. The number of cyclic esters (lactones) is 2. The monoisotopic (exact) mass is 602 g/mol. The average molecular weight is 604 g/mol. The molecule has 0 saturated carbocycles. The summed E-state index contributed by atoms with van der Waals surface area (Å²) in [5.41, 5.74) is 0. The molecule has 2 amide bonds. The minimum Gasteiger partial charge on any atom is -0.448 e. The first-order valence-corrected chi connectivity index (χ1v) is 13.5. The van der Waals surface area contributed by atoms with E-state index in [0.29, 0.717) is 60.5 Å². The zero-order valence-electron chi connectivity index (χ0n) is 21.1. The number of hydrogen-bond donors (Lipinski definition) is 1. The van der Waals surface area contributed by atoms with Crippen LogP contribution < -0.4 is 20.0 Å². The molecule has 0 bridgehead atoms. The summed E-state index contributed by atoms with van der Waals surface area (Å²) in [4.78, 5) is 35.9. The third-order valence-electron chi connectivity index (χ3n) is 5.82. The molecule has 4 aliphatic heterocycles. The van der Waals surface area contributed by atoms with Gasteiger partial charge in [-0.15, -0.1) is 0 Å². The number of rotatable bonds is 3. The van der Waals surface area contributed by atoms with Crippen molar-refractivity contribution in [1.82, 2.24) is 15.3 Å². The lowest BCUT2D eigenvalue weighted by Gasteiger charge is -2.28. The summed E-state index contributed by atoms with van der Waals surface area (Å²) in [7, 11) is 0. The van der Waals surface area contributed by atoms with Crippen LogP contribution in [0.1, 0.15) is 0 Å². The van der Waals surface area contributed by atoms with Gasteiger partial charge >= 0.3 is 12.2 Å². The third-order valence-corrected chi connectivity index (χ3v) is 6.45. The van der Waals surface area contributed by atoms with Crippen molar-refractivity contribution in [2.45, 2.75) is 0 Å². The highest BCUT2D eigenvalue weighted by Gasteiger charge is 2.26. The number of hydrogen-bond acceptors (Lipinski definition) is 10. The maximum absolute atomic E-state index is 11.6. The Morgan fingerprint density at radius 1 is 0.667 bits per heavy atom. The van der Waals surface area contributed by atoms with E-state index in [-0.39, 0.29) is 12.2 Å². The highest BCUT2D eigenvalue weighted by atomic mass is 35.5. The summed E-state index contributed by atoms with van der Waals surface area (Å²) >= 11 is 17.8. The van der Waals surface area contributed by atoms with Crippen molar-refractivity contribution in [3.05, 3.63) is 39.5 Å². The van der Waals surface area contributed by atoms with Crippen molar-refractivity contribution in [3.8, 4) is 0 Å². The van der Waals surface area contributed by atoms with Crippen LogP contribution in [0.4, 0.5) is 27.0 Å². The van der Waals surface area contributed by atoms with Crippen LogP contribution in [0, 0.1) is 0 Å². The number of nitrogens with one attached hydrogen (secondary N) is 1. The predicted molar refractivity (Wildman–Crippen MR) is 148 cm³/mol. The number of ether oxygens (including phenoxy) is 4. The Balaban J connectivity index is 0.000000154. The van der Waals surface area contributed by atoms with Gasteiger partial charge in [-0.2, -0.15) is 0 Å². The molecule has 0 atom stereocenters. The molecule has 0 radical (unpaired) electrons. The first kappa shape index (κ1) is 29.2. The van der Waals surface area contributed by atoms with Gasteiger partial charge in [0.25, 0.3) is 0 Å². The Bertz CT molecular complexity index is 1110. The Kier molecular flexibility index (Phi) is 10.9. The van der Waals surface area contributed by atoms with Crippen LogP contribution >= 0.6 is 34.8 Å². The van der Waals surface area contributed by atoms with Crippen LogP contribution in [-0.4, -0.2) is 101 Å². The number of halogens is 3. The van der Waals surface area contributed by atoms with E-state index in [4.69, 9.17) is 49.0 Å². The lowest BCUT2D eigenvalue weighted by Crippen LogP contribution is -2.37. The van der Waals surface area contributed by atoms with Crippen LogP contribution in [0.15, 0.2) is 24.3 Å². The molecule has 15 heteroatoms. The molecule has 212 valence electrons. The van der Waals surface area contributed by atoms with Crippen LogP contribution in [0.2, 0.25) is 15.2 Å². The van der Waals surface area contributed by atoms with E-state index in [1.165, 1.54) is 4.90 Å². The molecule has 4 fully saturated rings. The molecule has 12 nitrogen and oxygen atoms in total. The number of nitrogens with zero attached hydrogens (tertiary/aromatic N) is 5. The number of morpholine rings is 2. The van der Waals surface area contributed by atoms with E-state index >= 15 is 0 Å². The van der Waals surface area contributed by atoms with Gasteiger partial charge in [0, 0.05) is 42.3 Å². The van der Waals surface area contributed by atoms with Gasteiger partial charge in [-0.3, -0.25) is 4.90 Å². The maximum atomic E-state index is 11.6. The van der Waals surface area contributed by atoms with E-state index < -0.39 is 0 Å². The summed E-state index contributed by atoms with van der Waals surface area (Å²) in [5.74, 6) is 2.13. The van der Waals surface area contributed by atoms with E-state index in [2.05, 4.69) is 29.8 Å². The van der Waals surface area contributed by atoms with E-state index in [1.807, 2.05) is 6.07 Å². The number of anilines is 3. The number of carbonyl (C=O) groups excluding carboxylic acids is 2. The molecule has 6 rings (SSSR count). The molecule has 0 spiro atoms. The van der Waals surface area contributed by atoms with Crippen LogP contribution in [0.5, 0.6) is 0 Å². The summed E-state index contributed by atoms with van der Waals surface area (Å²) in [6.07, 6.45) is -0.669. The lowest BCUT2D eigenvalue weighted by atomic mass is 10.3. The molecule has 0 aromatic carbocycles. The third kappa shape index (κ3) is 8.87. The Morgan fingerprint density at radius 2 is 1.23 bits per heavy atom. The highest BCUT2D eigenvalue weighted by molar-refractivity contribution is 6.34. The Morgan fingerprint density at radius 3 is 1.69 bits per heavy atom. The van der Waals surface area contributed by atoms with E-state index in [0.717, 1.165) is 51.0 Å². The molecular weight excluding hydrogens is 575 g/mol. The fourth-order valence-corrected chi connectivity index (χ4v) is 4.58. The quantitative estimate of drug-likeness (QED) is 0.523. The zero-order valence-corrected chi connectivity index (χ0v) is 23.4. The zero-order chi connectivity index (χ0) is 27.6. The second-order valence-corrected chi connectivity index (χ2v) is 9.76. The van der Waals surface area contributed by atoms with Crippen LogP contribution in [0.3, 0.4) is 0 Å². The van der Waals surface area contributed by atoms with Gasteiger partial charge in [0.15, 0.2) is 0 Å². The SMILES string of the molecule is Clc1cc(Cl)nc(N2CCOCC2)c1.O=C1NCCO1.O=C1OCCN1c1cc(Cl)cc(N2CCOCC2)n1. The van der Waals surface area contributed by atoms with Crippen molar-refractivity contribution < 1.29 is 28.5 Å². The largest absolute Gasteiger partial charge is 0.448 e. The standard InChI is InChI=1S/C12H14ClN3O3.C9H10Cl2N2O.C3H5NO2/c13-9-7-10(15-1-4-18-5-2-15)14-11(8-9)16-3-6-19-12(16)17;10-7-5-8(11)12-9(6-7)13-1-3-14-4-2-13;5-3-4-1-2-6-3/h7-8H,1-6H2;5-6H,1-4H2;1-2H2,(H,4,5). The van der Waals surface area contributed by atoms with Crippen LogP contribution in [-0.2, 0) is 18.9 Å². The fraction of sp³-hybridized carbons (Fsp3) is 0.500. The van der Waals surface area contributed by atoms with Gasteiger partial charge in [-0.05, 0) is 18.2 Å². The van der Waals surface area contributed by atoms with Crippen LogP contribution in [0.25, 0.3) is 0 Å². The van der Waals surface area contributed by atoms with Gasteiger partial charge in [0.2, 0.25) is 0 Å². The number of pyridine rings is 2. The molecule has 4 saturated heterocycles. The van der Waals surface area contributed by atoms with Gasteiger partial charge in [0.1, 0.15) is 35.8 Å². The molecule has 4 aliphatic rings. The molecular formula is C24H29Cl3N6O6. The van der Waals surface area contributed by atoms with E-state index in [1.54, 1.807) is 18.2 Å². The maximum Gasteiger partial charge on any atom is 0.415 e. The normalized spacial score (nSPS) is 18.8. The number of amides is 2. The summed E-state index contributed by atoms with van der Waals surface area (Å²) in [6, 6.07) is 6.93. The van der Waals surface area contributed by atoms with Crippen molar-refractivity contribution in [2.24, 2.45) is 0 Å². The molecule has 6 heterocycles. The first-order valence-electron chi connectivity index (χ1n) is 12.4. The second-order valence-electron chi connectivity index (χ2n) is 8.50. The molecule has 1 N–H and O–H groups in total. The van der Waals surface area contributed by atoms with Gasteiger partial charge in [0.05, 0.1) is 39.5 Å². The molecule has 0 unspecified atom stereocenters. The summed E-state index contributed by atoms with van der Waals surface area (Å²) in [6.45, 7) is 8.12. The molecule has 0 aliphatic carbocycles.